The van der Waals surface area contributed by atoms with E-state index in [-0.39, 0.29) is 17.1 Å². The van der Waals surface area contributed by atoms with Gasteiger partial charge in [0.2, 0.25) is 0 Å². The van der Waals surface area contributed by atoms with Gasteiger partial charge in [-0.25, -0.2) is 0 Å². The van der Waals surface area contributed by atoms with E-state index in [1.807, 2.05) is 13.8 Å². The van der Waals surface area contributed by atoms with E-state index < -0.39 is 17.4 Å². The van der Waals surface area contributed by atoms with Crippen molar-refractivity contribution in [3.8, 4) is 0 Å². The van der Waals surface area contributed by atoms with Crippen LogP contribution in [0.1, 0.15) is 33.1 Å². The molecule has 0 spiro atoms. The molecule has 0 unspecified atom stereocenters. The largest absolute Gasteiger partial charge is 0.468 e. The predicted molar refractivity (Wildman–Crippen MR) is 70.7 cm³/mol. The summed E-state index contributed by atoms with van der Waals surface area (Å²) in [5.74, 6) is -1.12. The Morgan fingerprint density at radius 1 is 1.25 bits per heavy atom. The van der Waals surface area contributed by atoms with Crippen molar-refractivity contribution in [1.29, 1.82) is 0 Å². The minimum atomic E-state index is -1.29. The van der Waals surface area contributed by atoms with Crippen molar-refractivity contribution in [2.24, 2.45) is 16.7 Å². The summed E-state index contributed by atoms with van der Waals surface area (Å²) in [7, 11) is 2.54. The van der Waals surface area contributed by atoms with Crippen molar-refractivity contribution in [2.75, 3.05) is 14.2 Å². The maximum Gasteiger partial charge on any atom is 0.323 e. The minimum Gasteiger partial charge on any atom is -0.468 e. The van der Waals surface area contributed by atoms with Gasteiger partial charge in [-0.15, -0.1) is 0 Å². The normalized spacial score (nSPS) is 31.3. The molecule has 0 radical (unpaired) electrons. The number of ketones is 1. The highest BCUT2D eigenvalue weighted by atomic mass is 16.5. The molecule has 0 bridgehead atoms. The molecular weight excluding hydrogens is 260 g/mol. The molecule has 0 N–H and O–H groups in total. The highest BCUT2D eigenvalue weighted by Crippen LogP contribution is 2.60. The van der Waals surface area contributed by atoms with E-state index in [0.717, 1.165) is 5.57 Å². The molecule has 20 heavy (non-hydrogen) atoms. The second-order valence-electron chi connectivity index (χ2n) is 6.06. The Hall–Kier alpha value is -1.65. The number of carbonyl (C=O) groups is 3. The Balaban J connectivity index is 2.47. The van der Waals surface area contributed by atoms with Crippen molar-refractivity contribution in [1.82, 2.24) is 0 Å². The molecule has 1 fully saturated rings. The van der Waals surface area contributed by atoms with E-state index in [1.54, 1.807) is 6.08 Å². The zero-order valence-corrected chi connectivity index (χ0v) is 12.3. The topological polar surface area (TPSA) is 69.7 Å². The second-order valence-corrected chi connectivity index (χ2v) is 6.06. The number of methoxy groups -OCH3 is 2. The van der Waals surface area contributed by atoms with Gasteiger partial charge < -0.3 is 9.47 Å². The van der Waals surface area contributed by atoms with E-state index in [0.29, 0.717) is 19.3 Å². The Kier molecular flexibility index (Phi) is 3.48. The third-order valence-electron chi connectivity index (χ3n) is 5.04. The van der Waals surface area contributed by atoms with E-state index in [9.17, 15) is 14.4 Å². The number of allylic oxidation sites excluding steroid dienone is 2. The maximum absolute atomic E-state index is 12.2. The van der Waals surface area contributed by atoms with E-state index in [2.05, 4.69) is 0 Å². The maximum atomic E-state index is 12.2. The van der Waals surface area contributed by atoms with Crippen LogP contribution in [-0.2, 0) is 23.9 Å². The lowest BCUT2D eigenvalue weighted by Crippen LogP contribution is -2.40. The van der Waals surface area contributed by atoms with Crippen LogP contribution in [0, 0.1) is 16.7 Å². The molecule has 0 saturated heterocycles. The molecule has 2 aliphatic rings. The fourth-order valence-electron chi connectivity index (χ4n) is 3.74. The number of ether oxygens (including phenoxy) is 2. The van der Waals surface area contributed by atoms with E-state index in [1.165, 1.54) is 14.2 Å². The average molecular weight is 280 g/mol. The Morgan fingerprint density at radius 2 is 1.80 bits per heavy atom. The molecule has 5 heteroatoms. The van der Waals surface area contributed by atoms with Crippen molar-refractivity contribution < 1.29 is 23.9 Å². The first kappa shape index (κ1) is 14.8. The molecule has 1 saturated carbocycles. The molecule has 110 valence electrons. The number of hydrogen-bond donors (Lipinski definition) is 0. The first-order valence-electron chi connectivity index (χ1n) is 6.68. The number of hydrogen-bond acceptors (Lipinski definition) is 5. The number of fused-ring (bicyclic) bond motifs is 1. The van der Waals surface area contributed by atoms with Gasteiger partial charge in [-0.05, 0) is 37.2 Å². The molecule has 0 aromatic carbocycles. The van der Waals surface area contributed by atoms with Gasteiger partial charge in [0.05, 0.1) is 14.2 Å². The summed E-state index contributed by atoms with van der Waals surface area (Å²) in [6.45, 7) is 3.89. The van der Waals surface area contributed by atoms with Crippen LogP contribution in [-0.4, -0.2) is 31.9 Å². The first-order valence-corrected chi connectivity index (χ1v) is 6.68. The number of carbonyl (C=O) groups excluding carboxylic acids is 3. The molecule has 2 rings (SSSR count). The first-order chi connectivity index (χ1) is 9.30. The van der Waals surface area contributed by atoms with E-state index in [4.69, 9.17) is 9.47 Å². The summed E-state index contributed by atoms with van der Waals surface area (Å²) >= 11 is 0. The molecule has 0 amide bonds. The molecule has 0 aromatic rings. The SMILES string of the molecule is COC(=O)C1(C(=O)OC)C[C@H]2CC(=O)C=C(C)[C@@]2(C)C1. The second kappa shape index (κ2) is 4.72. The fraction of sp³-hybridized carbons (Fsp3) is 0.667. The molecule has 2 atom stereocenters. The van der Waals surface area contributed by atoms with Gasteiger partial charge in [-0.1, -0.05) is 12.5 Å². The molecule has 5 nitrogen and oxygen atoms in total. The van der Waals surface area contributed by atoms with Gasteiger partial charge in [0.15, 0.2) is 11.2 Å². The van der Waals surface area contributed by atoms with Crippen molar-refractivity contribution in [2.45, 2.75) is 33.1 Å². The monoisotopic (exact) mass is 280 g/mol. The third kappa shape index (κ3) is 1.87. The zero-order chi connectivity index (χ0) is 15.1. The minimum absolute atomic E-state index is 0.0294. The molecule has 0 heterocycles. The van der Waals surface area contributed by atoms with Crippen LogP contribution < -0.4 is 0 Å². The van der Waals surface area contributed by atoms with Crippen LogP contribution >= 0.6 is 0 Å². The summed E-state index contributed by atoms with van der Waals surface area (Å²) in [5, 5.41) is 0. The standard InChI is InChI=1S/C15H20O5/c1-9-5-11(16)6-10-7-15(12(17)19-3,13(18)20-4)8-14(9,10)2/h5,10H,6-8H2,1-4H3/t10-,14-/m1/s1. The molecule has 0 aromatic heterocycles. The van der Waals surface area contributed by atoms with Crippen molar-refractivity contribution in [3.05, 3.63) is 11.6 Å². The Bertz CT molecular complexity index is 488. The lowest BCUT2D eigenvalue weighted by molar-refractivity contribution is -0.169. The predicted octanol–water partition coefficient (Wildman–Crippen LogP) is 1.65. The van der Waals surface area contributed by atoms with Gasteiger partial charge in [0, 0.05) is 6.42 Å². The Labute approximate surface area is 118 Å². The summed E-state index contributed by atoms with van der Waals surface area (Å²) in [5.41, 5.74) is -0.702. The Morgan fingerprint density at radius 3 is 2.30 bits per heavy atom. The van der Waals surface area contributed by atoms with Crippen LogP contribution in [0.15, 0.2) is 11.6 Å². The van der Waals surface area contributed by atoms with Crippen LogP contribution in [0.5, 0.6) is 0 Å². The van der Waals surface area contributed by atoms with E-state index >= 15 is 0 Å². The van der Waals surface area contributed by atoms with Gasteiger partial charge in [-0.2, -0.15) is 0 Å². The van der Waals surface area contributed by atoms with Crippen LogP contribution in [0.4, 0.5) is 0 Å². The van der Waals surface area contributed by atoms with Crippen LogP contribution in [0.2, 0.25) is 0 Å². The molecule has 2 aliphatic carbocycles. The van der Waals surface area contributed by atoms with Gasteiger partial charge in [0.1, 0.15) is 0 Å². The number of rotatable bonds is 2. The summed E-state index contributed by atoms with van der Waals surface area (Å²) in [6.07, 6.45) is 2.63. The molecular formula is C15H20O5. The number of esters is 2. The highest BCUT2D eigenvalue weighted by Gasteiger charge is 2.62. The van der Waals surface area contributed by atoms with Gasteiger partial charge >= 0.3 is 11.9 Å². The highest BCUT2D eigenvalue weighted by molar-refractivity contribution is 6.01. The van der Waals surface area contributed by atoms with Gasteiger partial charge in [0.25, 0.3) is 0 Å². The summed E-state index contributed by atoms with van der Waals surface area (Å²) < 4.78 is 9.66. The quantitative estimate of drug-likeness (QED) is 0.568. The fourth-order valence-corrected chi connectivity index (χ4v) is 3.74. The van der Waals surface area contributed by atoms with Crippen molar-refractivity contribution >= 4 is 17.7 Å². The zero-order valence-electron chi connectivity index (χ0n) is 12.3. The van der Waals surface area contributed by atoms with Crippen LogP contribution in [0.3, 0.4) is 0 Å². The lowest BCUT2D eigenvalue weighted by atomic mass is 9.68. The van der Waals surface area contributed by atoms with Crippen LogP contribution in [0.25, 0.3) is 0 Å². The third-order valence-corrected chi connectivity index (χ3v) is 5.04. The molecule has 0 aliphatic heterocycles. The van der Waals surface area contributed by atoms with Gasteiger partial charge in [-0.3, -0.25) is 14.4 Å². The lowest BCUT2D eigenvalue weighted by Gasteiger charge is -2.35. The van der Waals surface area contributed by atoms with Crippen molar-refractivity contribution in [3.63, 3.8) is 0 Å². The summed E-state index contributed by atoms with van der Waals surface area (Å²) in [4.78, 5) is 36.1. The smallest absolute Gasteiger partial charge is 0.323 e. The average Bonchev–Trinajstić information content (AvgIpc) is 2.72. The summed E-state index contributed by atoms with van der Waals surface area (Å²) in [6, 6.07) is 0.